The van der Waals surface area contributed by atoms with Crippen LogP contribution in [0.15, 0.2) is 42.6 Å². The van der Waals surface area contributed by atoms with Crippen LogP contribution in [0.1, 0.15) is 40.2 Å². The molecule has 0 radical (unpaired) electrons. The molecule has 174 valence electrons. The van der Waals surface area contributed by atoms with Gasteiger partial charge in [0, 0.05) is 29.7 Å². The fourth-order valence-corrected chi connectivity index (χ4v) is 3.95. The van der Waals surface area contributed by atoms with Crippen molar-refractivity contribution < 1.29 is 27.4 Å². The van der Waals surface area contributed by atoms with Gasteiger partial charge in [-0.05, 0) is 42.3 Å². The van der Waals surface area contributed by atoms with E-state index in [1.165, 1.54) is 13.2 Å². The number of benzene rings is 2. The van der Waals surface area contributed by atoms with Gasteiger partial charge < -0.3 is 20.5 Å². The molecule has 3 aromatic rings. The highest BCUT2D eigenvalue weighted by Crippen LogP contribution is 2.40. The largest absolute Gasteiger partial charge is 0.493 e. The van der Waals surface area contributed by atoms with Crippen LogP contribution in [0.5, 0.6) is 11.5 Å². The number of hydrogen-bond acceptors (Lipinski definition) is 5. The highest BCUT2D eigenvalue weighted by atomic mass is 19.4. The molecule has 0 aliphatic carbocycles. The number of fused-ring (bicyclic) bond motifs is 1. The summed E-state index contributed by atoms with van der Waals surface area (Å²) in [6.45, 7) is -0.0230. The molecule has 0 spiro atoms. The van der Waals surface area contributed by atoms with E-state index in [2.05, 4.69) is 15.5 Å². The lowest BCUT2D eigenvalue weighted by Crippen LogP contribution is -2.23. The van der Waals surface area contributed by atoms with Crippen LogP contribution >= 0.6 is 0 Å². The number of hydrogen-bond donors (Lipinski definition) is 3. The molecule has 4 N–H and O–H groups in total. The summed E-state index contributed by atoms with van der Waals surface area (Å²) >= 11 is 0. The fraction of sp³-hybridized carbons (Fsp3) is 0.304. The van der Waals surface area contributed by atoms with Crippen molar-refractivity contribution in [1.29, 1.82) is 0 Å². The lowest BCUT2D eigenvalue weighted by Gasteiger charge is -2.23. The normalized spacial score (nSPS) is 15.7. The maximum Gasteiger partial charge on any atom is 0.416 e. The van der Waals surface area contributed by atoms with E-state index in [1.54, 1.807) is 30.5 Å². The first-order valence-corrected chi connectivity index (χ1v) is 10.3. The quantitative estimate of drug-likeness (QED) is 0.495. The second-order valence-electron chi connectivity index (χ2n) is 7.72. The Kier molecular flexibility index (Phi) is 6.28. The highest BCUT2D eigenvalue weighted by Gasteiger charge is 2.34. The average molecular weight is 460 g/mol. The standard InChI is InChI=1S/C23H23F3N4O3/c1-32-20-9-14(16-10-21(31)29-22-17(16)11-28-30-22)4-5-19(20)33-12-15-3-2-13(6-7-27)8-18(15)23(24,25)26/h2-5,8-9,11,16H,6-7,10,12,27H2,1H3,(H2,28,29,30,31). The van der Waals surface area contributed by atoms with Crippen molar-refractivity contribution in [2.24, 2.45) is 5.73 Å². The van der Waals surface area contributed by atoms with Crippen molar-refractivity contribution in [3.05, 3.63) is 70.4 Å². The van der Waals surface area contributed by atoms with Gasteiger partial charge in [-0.3, -0.25) is 9.89 Å². The molecular weight excluding hydrogens is 437 g/mol. The highest BCUT2D eigenvalue weighted by molar-refractivity contribution is 5.94. The number of anilines is 1. The first-order chi connectivity index (χ1) is 15.8. The molecule has 2 heterocycles. The molecule has 0 bridgehead atoms. The minimum atomic E-state index is -4.51. The SMILES string of the molecule is COc1cc(C2CC(=O)Nc3n[nH]cc32)ccc1OCc1ccc(CCN)cc1C(F)(F)F. The Balaban J connectivity index is 1.58. The van der Waals surface area contributed by atoms with E-state index in [0.717, 1.165) is 17.2 Å². The average Bonchev–Trinajstić information content (AvgIpc) is 3.25. The number of rotatable bonds is 7. The molecule has 0 saturated carbocycles. The smallest absolute Gasteiger partial charge is 0.416 e. The lowest BCUT2D eigenvalue weighted by molar-refractivity contribution is -0.138. The van der Waals surface area contributed by atoms with Gasteiger partial charge in [-0.1, -0.05) is 18.2 Å². The van der Waals surface area contributed by atoms with Crippen LogP contribution in [0.2, 0.25) is 0 Å². The van der Waals surface area contributed by atoms with Gasteiger partial charge in [-0.2, -0.15) is 18.3 Å². The van der Waals surface area contributed by atoms with E-state index in [-0.39, 0.29) is 37.0 Å². The number of carbonyl (C=O) groups is 1. The molecule has 0 fully saturated rings. The summed E-state index contributed by atoms with van der Waals surface area (Å²) in [5.74, 6) is 0.747. The second-order valence-corrected chi connectivity index (χ2v) is 7.72. The summed E-state index contributed by atoms with van der Waals surface area (Å²) in [7, 11) is 1.45. The number of nitrogens with zero attached hydrogens (tertiary/aromatic N) is 1. The summed E-state index contributed by atoms with van der Waals surface area (Å²) in [6.07, 6.45) is -2.19. The Hall–Kier alpha value is -3.53. The molecule has 1 atom stereocenters. The number of aromatic nitrogens is 2. The van der Waals surface area contributed by atoms with Crippen molar-refractivity contribution >= 4 is 11.7 Å². The van der Waals surface area contributed by atoms with E-state index in [4.69, 9.17) is 15.2 Å². The number of carbonyl (C=O) groups excluding carboxylic acids is 1. The molecule has 7 nitrogen and oxygen atoms in total. The Bertz CT molecular complexity index is 1160. The van der Waals surface area contributed by atoms with Gasteiger partial charge in [0.1, 0.15) is 6.61 Å². The number of methoxy groups -OCH3 is 1. The van der Waals surface area contributed by atoms with Gasteiger partial charge in [-0.25, -0.2) is 0 Å². The van der Waals surface area contributed by atoms with Gasteiger partial charge in [0.15, 0.2) is 17.3 Å². The van der Waals surface area contributed by atoms with Crippen LogP contribution in [0, 0.1) is 0 Å². The monoisotopic (exact) mass is 460 g/mol. The summed E-state index contributed by atoms with van der Waals surface area (Å²) in [5, 5.41) is 9.50. The summed E-state index contributed by atoms with van der Waals surface area (Å²) < 4.78 is 51.9. The molecule has 33 heavy (non-hydrogen) atoms. The predicted octanol–water partition coefficient (Wildman–Crippen LogP) is 3.99. The second kappa shape index (κ2) is 9.14. The summed E-state index contributed by atoms with van der Waals surface area (Å²) in [4.78, 5) is 12.0. The Labute approximate surface area is 188 Å². The van der Waals surface area contributed by atoms with Gasteiger partial charge in [-0.15, -0.1) is 0 Å². The molecule has 0 saturated heterocycles. The molecule has 4 rings (SSSR count). The zero-order valence-electron chi connectivity index (χ0n) is 17.8. The van der Waals surface area contributed by atoms with Crippen LogP contribution in [0.25, 0.3) is 0 Å². The molecule has 10 heteroatoms. The Morgan fingerprint density at radius 1 is 1.18 bits per heavy atom. The van der Waals surface area contributed by atoms with Crippen LogP contribution in [0.3, 0.4) is 0 Å². The van der Waals surface area contributed by atoms with Crippen LogP contribution in [0.4, 0.5) is 19.0 Å². The van der Waals surface area contributed by atoms with Gasteiger partial charge >= 0.3 is 6.18 Å². The number of nitrogens with one attached hydrogen (secondary N) is 2. The summed E-state index contributed by atoms with van der Waals surface area (Å²) in [6, 6.07) is 9.28. The van der Waals surface area contributed by atoms with E-state index in [9.17, 15) is 18.0 Å². The predicted molar refractivity (Wildman–Crippen MR) is 115 cm³/mol. The number of H-pyrrole nitrogens is 1. The van der Waals surface area contributed by atoms with Gasteiger partial charge in [0.25, 0.3) is 0 Å². The minimum Gasteiger partial charge on any atom is -0.493 e. The number of nitrogens with two attached hydrogens (primary N) is 1. The summed E-state index contributed by atoms with van der Waals surface area (Å²) in [5.41, 5.74) is 6.91. The van der Waals surface area contributed by atoms with E-state index < -0.39 is 11.7 Å². The van der Waals surface area contributed by atoms with E-state index >= 15 is 0 Å². The van der Waals surface area contributed by atoms with Gasteiger partial charge in [0.2, 0.25) is 5.91 Å². The Morgan fingerprint density at radius 2 is 2.00 bits per heavy atom. The molecule has 2 aromatic carbocycles. The van der Waals surface area contributed by atoms with Crippen molar-refractivity contribution in [3.63, 3.8) is 0 Å². The van der Waals surface area contributed by atoms with Crippen molar-refractivity contribution in [2.75, 3.05) is 19.0 Å². The van der Waals surface area contributed by atoms with Crippen LogP contribution in [-0.4, -0.2) is 29.8 Å². The number of aromatic amines is 1. The first-order valence-electron chi connectivity index (χ1n) is 10.3. The molecule has 1 aliphatic heterocycles. The van der Waals surface area contributed by atoms with Crippen LogP contribution in [-0.2, 0) is 24.0 Å². The molecule has 1 amide bonds. The minimum absolute atomic E-state index is 0.0152. The topological polar surface area (TPSA) is 102 Å². The maximum absolute atomic E-state index is 13.6. The third-order valence-corrected chi connectivity index (χ3v) is 5.58. The number of halogens is 3. The third-order valence-electron chi connectivity index (χ3n) is 5.58. The molecule has 1 aromatic heterocycles. The van der Waals surface area contributed by atoms with E-state index in [1.807, 2.05) is 0 Å². The fourth-order valence-electron chi connectivity index (χ4n) is 3.95. The van der Waals surface area contributed by atoms with E-state index in [0.29, 0.717) is 29.3 Å². The zero-order chi connectivity index (χ0) is 23.6. The van der Waals surface area contributed by atoms with Gasteiger partial charge in [0.05, 0.1) is 12.7 Å². The zero-order valence-corrected chi connectivity index (χ0v) is 17.8. The number of amides is 1. The third kappa shape index (κ3) is 4.80. The molecule has 1 unspecified atom stereocenters. The van der Waals surface area contributed by atoms with Crippen molar-refractivity contribution in [2.45, 2.75) is 31.5 Å². The molecule has 1 aliphatic rings. The van der Waals surface area contributed by atoms with Crippen molar-refractivity contribution in [1.82, 2.24) is 10.2 Å². The number of alkyl halides is 3. The Morgan fingerprint density at radius 3 is 2.73 bits per heavy atom. The van der Waals surface area contributed by atoms with Crippen molar-refractivity contribution in [3.8, 4) is 11.5 Å². The first kappa shape index (κ1) is 22.7. The van der Waals surface area contributed by atoms with Crippen LogP contribution < -0.4 is 20.5 Å². The number of ether oxygens (including phenoxy) is 2. The maximum atomic E-state index is 13.6. The lowest BCUT2D eigenvalue weighted by atomic mass is 9.87. The molecular formula is C23H23F3N4O3.